The number of amides is 4. The molecule has 16 heteroatoms. The smallest absolute Gasteiger partial charge is 0.408 e. The predicted molar refractivity (Wildman–Crippen MR) is 219 cm³/mol. The third-order valence-corrected chi connectivity index (χ3v) is 14.1. The van der Waals surface area contributed by atoms with Crippen molar-refractivity contribution >= 4 is 44.7 Å². The summed E-state index contributed by atoms with van der Waals surface area (Å²) in [5.41, 5.74) is -1.12. The Kier molecular flexibility index (Phi) is 12.3. The molecule has 59 heavy (non-hydrogen) atoms. The second kappa shape index (κ2) is 17.1. The Labute approximate surface area is 345 Å². The number of aliphatic hydroxyl groups is 1. The predicted octanol–water partition coefficient (Wildman–Crippen LogP) is 4.22. The Hall–Kier alpha value is -4.70. The molecule has 0 spiro atoms. The number of hydrogen-bond acceptors (Lipinski definition) is 11. The summed E-state index contributed by atoms with van der Waals surface area (Å²) in [7, 11) is -3.93. The van der Waals surface area contributed by atoms with Crippen LogP contribution in [0.2, 0.25) is 0 Å². The zero-order chi connectivity index (χ0) is 42.1. The maximum atomic E-state index is 14.8. The summed E-state index contributed by atoms with van der Waals surface area (Å²) < 4.78 is 46.9. The SMILES string of the molecule is C=C[C@@H]1C[C@]1(NC(=O)[C@@H]1C[C@@H]2CN1C(=O)[C@H](C(C)(C)C)NC(=O)O[C@@H]1CCC[C@H]1CCC=CCc1c(nc3ccccc3c1OCCCO)O2)C(=O)NS(=O)(=O)C1CC1. The minimum absolute atomic E-state index is 0.00997. The summed E-state index contributed by atoms with van der Waals surface area (Å²) in [6.07, 6.45) is 9.75. The van der Waals surface area contributed by atoms with Crippen LogP contribution in [0.25, 0.3) is 10.9 Å². The molecule has 5 aliphatic rings. The fourth-order valence-corrected chi connectivity index (χ4v) is 10.0. The highest BCUT2D eigenvalue weighted by atomic mass is 32.2. The number of aliphatic hydroxyl groups excluding tert-OH is 1. The van der Waals surface area contributed by atoms with E-state index < -0.39 is 74.1 Å². The lowest BCUT2D eigenvalue weighted by Gasteiger charge is -2.35. The van der Waals surface area contributed by atoms with Gasteiger partial charge < -0.3 is 34.9 Å². The molecule has 3 saturated carbocycles. The zero-order valence-corrected chi connectivity index (χ0v) is 34.9. The van der Waals surface area contributed by atoms with Gasteiger partial charge in [0.1, 0.15) is 35.6 Å². The van der Waals surface area contributed by atoms with E-state index in [0.717, 1.165) is 31.1 Å². The standard InChI is InChI=1S/C43H57N5O10S/c1-5-27-24-43(27,40(52)47-59(54,55)29-19-20-29)46-37(50)33-23-28-25-48(33)39(51)36(42(2,3)4)45-41(53)58-34-18-11-14-26(34)13-7-6-8-16-31-35(56-22-12-21-49)30-15-9-10-17-32(30)44-38(31)57-28/h5-6,8-10,15,17,26-29,33-34,36,49H,1,7,11-14,16,18-25H2,2-4H3,(H,45,53)(H,46,50)(H,47,52)/t26-,27-,28-,33+,34-,36-,43-/m1/s1. The van der Waals surface area contributed by atoms with Crippen LogP contribution in [-0.4, -0.2) is 102 Å². The van der Waals surface area contributed by atoms with Gasteiger partial charge in [-0.05, 0) is 81.3 Å². The number of fused-ring (bicyclic) bond motifs is 5. The molecular weight excluding hydrogens is 779 g/mol. The van der Waals surface area contributed by atoms with E-state index in [0.29, 0.717) is 48.9 Å². The third-order valence-electron chi connectivity index (χ3n) is 12.2. The first kappa shape index (κ1) is 42.4. The summed E-state index contributed by atoms with van der Waals surface area (Å²) >= 11 is 0. The van der Waals surface area contributed by atoms with E-state index in [9.17, 15) is 32.7 Å². The van der Waals surface area contributed by atoms with Gasteiger partial charge in [0.15, 0.2) is 0 Å². The number of sulfonamides is 1. The van der Waals surface area contributed by atoms with Gasteiger partial charge in [0.05, 0.1) is 29.5 Å². The van der Waals surface area contributed by atoms with Gasteiger partial charge >= 0.3 is 6.09 Å². The summed E-state index contributed by atoms with van der Waals surface area (Å²) in [5, 5.41) is 15.4. The van der Waals surface area contributed by atoms with Crippen LogP contribution in [0, 0.1) is 17.3 Å². The minimum Gasteiger partial charge on any atom is -0.492 e. The molecule has 4 fully saturated rings. The van der Waals surface area contributed by atoms with Gasteiger partial charge in [0, 0.05) is 30.8 Å². The van der Waals surface area contributed by atoms with Crippen LogP contribution in [0.4, 0.5) is 4.79 Å². The number of rotatable bonds is 10. The molecule has 0 radical (unpaired) electrons. The van der Waals surface area contributed by atoms with E-state index in [2.05, 4.69) is 28.0 Å². The van der Waals surface area contributed by atoms with Crippen molar-refractivity contribution in [3.8, 4) is 11.6 Å². The van der Waals surface area contributed by atoms with E-state index in [4.69, 9.17) is 19.2 Å². The molecule has 1 aromatic heterocycles. The molecule has 2 bridgehead atoms. The first-order valence-corrected chi connectivity index (χ1v) is 22.4. The van der Waals surface area contributed by atoms with Crippen molar-refractivity contribution in [2.75, 3.05) is 19.8 Å². The number of ether oxygens (including phenoxy) is 3. The lowest BCUT2D eigenvalue weighted by molar-refractivity contribution is -0.143. The number of aromatic nitrogens is 1. The van der Waals surface area contributed by atoms with Crippen molar-refractivity contribution in [3.05, 3.63) is 54.6 Å². The molecule has 320 valence electrons. The molecule has 3 heterocycles. The van der Waals surface area contributed by atoms with Crippen molar-refractivity contribution < 1.29 is 46.9 Å². The van der Waals surface area contributed by atoms with Gasteiger partial charge in [-0.25, -0.2) is 18.2 Å². The Morgan fingerprint density at radius 1 is 1.12 bits per heavy atom. The van der Waals surface area contributed by atoms with Gasteiger partial charge in [-0.15, -0.1) is 6.58 Å². The number of alkyl carbamates (subject to hydrolysis) is 1. The number of benzene rings is 1. The molecule has 0 unspecified atom stereocenters. The Morgan fingerprint density at radius 2 is 1.90 bits per heavy atom. The Balaban J connectivity index is 1.26. The quantitative estimate of drug-likeness (QED) is 0.197. The lowest BCUT2D eigenvalue weighted by atomic mass is 9.85. The summed E-state index contributed by atoms with van der Waals surface area (Å²) in [5.74, 6) is -1.63. The van der Waals surface area contributed by atoms with Crippen LogP contribution in [0.1, 0.15) is 90.5 Å². The first-order valence-electron chi connectivity index (χ1n) is 20.9. The molecule has 3 aliphatic carbocycles. The number of nitrogens with one attached hydrogen (secondary N) is 3. The van der Waals surface area contributed by atoms with Crippen molar-refractivity contribution in [3.63, 3.8) is 0 Å². The number of carbonyl (C=O) groups is 4. The van der Waals surface area contributed by atoms with Gasteiger partial charge in [0.25, 0.3) is 5.91 Å². The number of carbonyl (C=O) groups excluding carboxylic acids is 4. The average molecular weight is 836 g/mol. The van der Waals surface area contributed by atoms with E-state index in [1.165, 1.54) is 11.0 Å². The van der Waals surface area contributed by atoms with E-state index in [-0.39, 0.29) is 50.5 Å². The molecule has 1 saturated heterocycles. The minimum atomic E-state index is -3.93. The number of para-hydroxylation sites is 1. The maximum absolute atomic E-state index is 14.8. The number of allylic oxidation sites excluding steroid dienone is 2. The third kappa shape index (κ3) is 9.23. The maximum Gasteiger partial charge on any atom is 0.408 e. The lowest BCUT2D eigenvalue weighted by Crippen LogP contribution is -2.60. The first-order chi connectivity index (χ1) is 28.1. The normalized spacial score (nSPS) is 28.8. The van der Waals surface area contributed by atoms with Crippen molar-refractivity contribution in [2.45, 2.75) is 126 Å². The van der Waals surface area contributed by atoms with Gasteiger partial charge in [-0.3, -0.25) is 19.1 Å². The number of nitrogens with zero attached hydrogens (tertiary/aromatic N) is 2. The zero-order valence-electron chi connectivity index (χ0n) is 34.1. The number of pyridine rings is 1. The summed E-state index contributed by atoms with van der Waals surface area (Å²) in [4.78, 5) is 62.9. The van der Waals surface area contributed by atoms with E-state index in [1.807, 2.05) is 51.1 Å². The molecule has 2 aliphatic heterocycles. The highest BCUT2D eigenvalue weighted by Gasteiger charge is 2.62. The van der Waals surface area contributed by atoms with Crippen molar-refractivity contribution in [2.24, 2.45) is 17.3 Å². The molecule has 2 aromatic rings. The monoisotopic (exact) mass is 835 g/mol. The molecular formula is C43H57N5O10S. The van der Waals surface area contributed by atoms with Gasteiger partial charge in [-0.2, -0.15) is 0 Å². The van der Waals surface area contributed by atoms with Gasteiger partial charge in [0.2, 0.25) is 27.7 Å². The topological polar surface area (TPSA) is 203 Å². The summed E-state index contributed by atoms with van der Waals surface area (Å²) in [6.45, 7) is 9.37. The van der Waals surface area contributed by atoms with Crippen LogP contribution in [0.15, 0.2) is 49.1 Å². The Bertz CT molecular complexity index is 2100. The van der Waals surface area contributed by atoms with Crippen LogP contribution < -0.4 is 24.8 Å². The van der Waals surface area contributed by atoms with Crippen LogP contribution in [-0.2, 0) is 35.6 Å². The molecule has 15 nitrogen and oxygen atoms in total. The fourth-order valence-electron chi connectivity index (χ4n) is 8.65. The molecule has 4 amide bonds. The largest absolute Gasteiger partial charge is 0.492 e. The Morgan fingerprint density at radius 3 is 2.61 bits per heavy atom. The molecule has 4 N–H and O–H groups in total. The summed E-state index contributed by atoms with van der Waals surface area (Å²) in [6, 6.07) is 5.21. The molecule has 1 aromatic carbocycles. The van der Waals surface area contributed by atoms with E-state index >= 15 is 0 Å². The molecule has 7 atom stereocenters. The van der Waals surface area contributed by atoms with Crippen molar-refractivity contribution in [1.29, 1.82) is 0 Å². The molecule has 7 rings (SSSR count). The van der Waals surface area contributed by atoms with E-state index in [1.54, 1.807) is 0 Å². The van der Waals surface area contributed by atoms with Crippen LogP contribution in [0.3, 0.4) is 0 Å². The van der Waals surface area contributed by atoms with Crippen LogP contribution in [0.5, 0.6) is 11.6 Å². The average Bonchev–Trinajstić information content (AvgIpc) is 4.08. The second-order valence-electron chi connectivity index (χ2n) is 17.7. The highest BCUT2D eigenvalue weighted by molar-refractivity contribution is 7.91. The van der Waals surface area contributed by atoms with Crippen molar-refractivity contribution in [1.82, 2.24) is 25.2 Å². The highest BCUT2D eigenvalue weighted by Crippen LogP contribution is 2.46. The van der Waals surface area contributed by atoms with Crippen LogP contribution >= 0.6 is 0 Å². The second-order valence-corrected chi connectivity index (χ2v) is 19.6. The van der Waals surface area contributed by atoms with Gasteiger partial charge in [-0.1, -0.05) is 51.1 Å². The number of hydrogen-bond donors (Lipinski definition) is 4. The fraction of sp³-hybridized carbons (Fsp3) is 0.605.